The van der Waals surface area contributed by atoms with Crippen LogP contribution >= 0.6 is 0 Å². The van der Waals surface area contributed by atoms with Crippen LogP contribution in [0.25, 0.3) is 10.9 Å². The zero-order chi connectivity index (χ0) is 18.6. The monoisotopic (exact) mass is 370 g/mol. The van der Waals surface area contributed by atoms with Crippen molar-refractivity contribution in [3.8, 4) is 5.75 Å². The van der Waals surface area contributed by atoms with Crippen LogP contribution in [0.2, 0.25) is 0 Å². The Morgan fingerprint density at radius 3 is 2.67 bits per heavy atom. The first-order chi connectivity index (χ1) is 13.2. The number of hydrogen-bond donors (Lipinski definition) is 2. The van der Waals surface area contributed by atoms with Crippen molar-refractivity contribution in [2.75, 3.05) is 18.5 Å². The number of aromatic nitrogens is 2. The molecule has 2 fully saturated rings. The van der Waals surface area contributed by atoms with Gasteiger partial charge in [-0.1, -0.05) is 26.0 Å². The summed E-state index contributed by atoms with van der Waals surface area (Å²) in [5.41, 5.74) is 0.872. The number of para-hydroxylation sites is 1. The fraction of sp³-hybridized carbons (Fsp3) is 0.619. The first kappa shape index (κ1) is 18.4. The van der Waals surface area contributed by atoms with Gasteiger partial charge in [-0.15, -0.1) is 0 Å². The summed E-state index contributed by atoms with van der Waals surface area (Å²) in [6.07, 6.45) is 7.60. The van der Waals surface area contributed by atoms with Gasteiger partial charge < -0.3 is 20.1 Å². The van der Waals surface area contributed by atoms with Crippen molar-refractivity contribution >= 4 is 16.9 Å². The van der Waals surface area contributed by atoms with E-state index in [1.807, 2.05) is 24.4 Å². The van der Waals surface area contributed by atoms with Gasteiger partial charge in [0.2, 0.25) is 5.95 Å². The number of anilines is 1. The Bertz CT molecular complexity index is 753. The molecule has 1 saturated heterocycles. The summed E-state index contributed by atoms with van der Waals surface area (Å²) in [6.45, 7) is 5.85. The minimum Gasteiger partial charge on any atom is -0.486 e. The van der Waals surface area contributed by atoms with E-state index in [9.17, 15) is 0 Å². The van der Waals surface area contributed by atoms with Crippen LogP contribution < -0.4 is 15.4 Å². The van der Waals surface area contributed by atoms with Crippen LogP contribution in [0.15, 0.2) is 24.4 Å². The number of ether oxygens (including phenoxy) is 2. The SMILES string of the molecule is CC(C)N[C@H]1CC[C@H](Nc2ncc3cccc(OC4CCOC4)c3n2)CC1. The highest BCUT2D eigenvalue weighted by molar-refractivity contribution is 5.84. The molecule has 2 aliphatic rings. The minimum absolute atomic E-state index is 0.116. The average molecular weight is 370 g/mol. The molecular formula is C21H30N4O2. The van der Waals surface area contributed by atoms with Gasteiger partial charge in [-0.3, -0.25) is 0 Å². The molecule has 2 heterocycles. The lowest BCUT2D eigenvalue weighted by molar-refractivity contribution is 0.142. The molecule has 1 aliphatic heterocycles. The fourth-order valence-electron chi connectivity index (χ4n) is 4.04. The van der Waals surface area contributed by atoms with Crippen LogP contribution in [-0.2, 0) is 4.74 Å². The van der Waals surface area contributed by atoms with Gasteiger partial charge in [-0.05, 0) is 31.7 Å². The lowest BCUT2D eigenvalue weighted by atomic mass is 9.91. The quantitative estimate of drug-likeness (QED) is 0.811. The fourth-order valence-corrected chi connectivity index (χ4v) is 4.04. The average Bonchev–Trinajstić information content (AvgIpc) is 3.17. The minimum atomic E-state index is 0.116. The van der Waals surface area contributed by atoms with Gasteiger partial charge in [0.15, 0.2) is 0 Å². The molecule has 1 aromatic carbocycles. The molecule has 0 spiro atoms. The first-order valence-corrected chi connectivity index (χ1v) is 10.2. The molecule has 1 saturated carbocycles. The molecule has 27 heavy (non-hydrogen) atoms. The highest BCUT2D eigenvalue weighted by Gasteiger charge is 2.22. The summed E-state index contributed by atoms with van der Waals surface area (Å²) < 4.78 is 11.6. The van der Waals surface area contributed by atoms with Gasteiger partial charge in [0.05, 0.1) is 13.2 Å². The predicted octanol–water partition coefficient (Wildman–Crippen LogP) is 3.52. The Balaban J connectivity index is 1.43. The van der Waals surface area contributed by atoms with Crippen molar-refractivity contribution in [1.82, 2.24) is 15.3 Å². The standard InChI is InChI=1S/C21H30N4O2/c1-14(2)23-16-6-8-17(9-7-16)24-21-22-12-15-4-3-5-19(20(15)25-21)27-18-10-11-26-13-18/h3-5,12,14,16-18,23H,6-11,13H2,1-2H3,(H,22,24,25)/t16-,17-,18?. The van der Waals surface area contributed by atoms with Gasteiger partial charge in [0, 0.05) is 36.1 Å². The lowest BCUT2D eigenvalue weighted by Crippen LogP contribution is -2.40. The van der Waals surface area contributed by atoms with Crippen molar-refractivity contribution < 1.29 is 9.47 Å². The van der Waals surface area contributed by atoms with Crippen LogP contribution in [0.1, 0.15) is 46.0 Å². The molecule has 6 heteroatoms. The van der Waals surface area contributed by atoms with E-state index in [1.54, 1.807) is 0 Å². The second-order valence-corrected chi connectivity index (χ2v) is 8.01. The number of rotatable bonds is 6. The molecule has 1 unspecified atom stereocenters. The number of fused-ring (bicyclic) bond motifs is 1. The van der Waals surface area contributed by atoms with Crippen molar-refractivity contribution in [2.45, 2.75) is 70.2 Å². The summed E-state index contributed by atoms with van der Waals surface area (Å²) >= 11 is 0. The molecular weight excluding hydrogens is 340 g/mol. The molecule has 146 valence electrons. The largest absolute Gasteiger partial charge is 0.486 e. The van der Waals surface area contributed by atoms with Crippen LogP contribution in [0.3, 0.4) is 0 Å². The van der Waals surface area contributed by atoms with Crippen LogP contribution in [-0.4, -0.2) is 47.4 Å². The molecule has 0 amide bonds. The van der Waals surface area contributed by atoms with E-state index in [-0.39, 0.29) is 6.10 Å². The Labute approximate surface area is 161 Å². The van der Waals surface area contributed by atoms with E-state index in [0.717, 1.165) is 42.5 Å². The lowest BCUT2D eigenvalue weighted by Gasteiger charge is -2.31. The number of nitrogens with zero attached hydrogens (tertiary/aromatic N) is 2. The van der Waals surface area contributed by atoms with Crippen LogP contribution in [0.5, 0.6) is 5.75 Å². The molecule has 0 bridgehead atoms. The normalized spacial score (nSPS) is 25.8. The Hall–Kier alpha value is -1.92. The van der Waals surface area contributed by atoms with Crippen molar-refractivity contribution in [3.05, 3.63) is 24.4 Å². The molecule has 2 N–H and O–H groups in total. The summed E-state index contributed by atoms with van der Waals surface area (Å²) in [7, 11) is 0. The topological polar surface area (TPSA) is 68.3 Å². The maximum absolute atomic E-state index is 6.13. The third-order valence-corrected chi connectivity index (χ3v) is 5.38. The number of benzene rings is 1. The first-order valence-electron chi connectivity index (χ1n) is 10.2. The van der Waals surface area contributed by atoms with Crippen molar-refractivity contribution in [1.29, 1.82) is 0 Å². The smallest absolute Gasteiger partial charge is 0.223 e. The van der Waals surface area contributed by atoms with E-state index in [2.05, 4.69) is 29.5 Å². The predicted molar refractivity (Wildman–Crippen MR) is 107 cm³/mol. The zero-order valence-electron chi connectivity index (χ0n) is 16.3. The zero-order valence-corrected chi connectivity index (χ0v) is 16.3. The molecule has 4 rings (SSSR count). The van der Waals surface area contributed by atoms with Gasteiger partial charge in [0.1, 0.15) is 17.4 Å². The summed E-state index contributed by atoms with van der Waals surface area (Å²) in [5, 5.41) is 8.19. The highest BCUT2D eigenvalue weighted by Crippen LogP contribution is 2.27. The summed E-state index contributed by atoms with van der Waals surface area (Å²) in [4.78, 5) is 9.30. The molecule has 2 aromatic rings. The number of hydrogen-bond acceptors (Lipinski definition) is 6. The second-order valence-electron chi connectivity index (χ2n) is 8.01. The maximum Gasteiger partial charge on any atom is 0.223 e. The van der Waals surface area contributed by atoms with E-state index in [4.69, 9.17) is 14.5 Å². The Morgan fingerprint density at radius 1 is 1.11 bits per heavy atom. The van der Waals surface area contributed by atoms with Crippen LogP contribution in [0, 0.1) is 0 Å². The highest BCUT2D eigenvalue weighted by atomic mass is 16.5. The molecule has 1 aliphatic carbocycles. The molecule has 1 aromatic heterocycles. The van der Waals surface area contributed by atoms with E-state index in [1.165, 1.54) is 12.8 Å². The molecule has 6 nitrogen and oxygen atoms in total. The Morgan fingerprint density at radius 2 is 1.93 bits per heavy atom. The maximum atomic E-state index is 6.13. The van der Waals surface area contributed by atoms with Crippen LogP contribution in [0.4, 0.5) is 5.95 Å². The van der Waals surface area contributed by atoms with E-state index in [0.29, 0.717) is 30.7 Å². The van der Waals surface area contributed by atoms with E-state index < -0.39 is 0 Å². The third-order valence-electron chi connectivity index (χ3n) is 5.38. The summed E-state index contributed by atoms with van der Waals surface area (Å²) in [5.74, 6) is 1.51. The van der Waals surface area contributed by atoms with Gasteiger partial charge in [-0.25, -0.2) is 9.97 Å². The van der Waals surface area contributed by atoms with E-state index >= 15 is 0 Å². The van der Waals surface area contributed by atoms with Gasteiger partial charge >= 0.3 is 0 Å². The second kappa shape index (κ2) is 8.40. The molecule has 0 radical (unpaired) electrons. The molecule has 1 atom stereocenters. The van der Waals surface area contributed by atoms with Gasteiger partial charge in [0.25, 0.3) is 0 Å². The Kier molecular flexibility index (Phi) is 5.74. The summed E-state index contributed by atoms with van der Waals surface area (Å²) in [6, 6.07) is 7.62. The van der Waals surface area contributed by atoms with Gasteiger partial charge in [-0.2, -0.15) is 0 Å². The van der Waals surface area contributed by atoms with Crippen molar-refractivity contribution in [3.63, 3.8) is 0 Å². The number of nitrogens with one attached hydrogen (secondary N) is 2. The van der Waals surface area contributed by atoms with Crippen molar-refractivity contribution in [2.24, 2.45) is 0 Å². The third kappa shape index (κ3) is 4.68.